The maximum Gasteiger partial charge on any atom is 0.408 e. The van der Waals surface area contributed by atoms with Gasteiger partial charge < -0.3 is 15.0 Å². The Kier molecular flexibility index (Phi) is 6.03. The molecule has 0 radical (unpaired) electrons. The highest BCUT2D eigenvalue weighted by Gasteiger charge is 2.44. The fraction of sp³-hybridized carbons (Fsp3) is 0.632. The first-order chi connectivity index (χ1) is 11.7. The Bertz CT molecular complexity index is 590. The zero-order valence-electron chi connectivity index (χ0n) is 15.7. The van der Waals surface area contributed by atoms with E-state index in [1.165, 1.54) is 0 Å². The summed E-state index contributed by atoms with van der Waals surface area (Å²) in [5.74, 6) is -0.0493. The number of carbonyl (C=O) groups is 2. The topological polar surface area (TPSA) is 71.5 Å². The van der Waals surface area contributed by atoms with Crippen LogP contribution in [-0.4, -0.2) is 46.6 Å². The summed E-state index contributed by atoms with van der Waals surface area (Å²) in [7, 11) is 1.78. The van der Waals surface area contributed by atoms with Crippen molar-refractivity contribution in [2.24, 2.45) is 0 Å². The largest absolute Gasteiger partial charge is 0.444 e. The molecule has 2 amide bonds. The number of likely N-dealkylation sites (N-methyl/N-ethyl adjacent to an activating group) is 1. The molecule has 0 bridgehead atoms. The third-order valence-corrected chi connectivity index (χ3v) is 4.38. The molecule has 1 aliphatic carbocycles. The molecule has 6 nitrogen and oxygen atoms in total. The molecule has 0 aromatic carbocycles. The van der Waals surface area contributed by atoms with E-state index in [2.05, 4.69) is 10.3 Å². The van der Waals surface area contributed by atoms with Crippen LogP contribution in [0.25, 0.3) is 0 Å². The van der Waals surface area contributed by atoms with Crippen LogP contribution >= 0.6 is 0 Å². The second-order valence-corrected chi connectivity index (χ2v) is 7.71. The highest BCUT2D eigenvalue weighted by atomic mass is 16.6. The van der Waals surface area contributed by atoms with Crippen LogP contribution in [0, 0.1) is 0 Å². The van der Waals surface area contributed by atoms with Crippen molar-refractivity contribution in [3.05, 3.63) is 30.1 Å². The Balaban J connectivity index is 2.00. The van der Waals surface area contributed by atoms with Crippen molar-refractivity contribution in [2.75, 3.05) is 13.6 Å². The number of amides is 2. The van der Waals surface area contributed by atoms with E-state index < -0.39 is 17.2 Å². The van der Waals surface area contributed by atoms with Gasteiger partial charge >= 0.3 is 6.09 Å². The SMILES string of the molecule is CN(CCc1ccccn1)C(=O)C1(NC(=O)OC(C)(C)C)CCCC1. The van der Waals surface area contributed by atoms with Crippen molar-refractivity contribution in [3.8, 4) is 0 Å². The third kappa shape index (κ3) is 5.44. The Hall–Kier alpha value is -2.11. The molecule has 1 aromatic rings. The van der Waals surface area contributed by atoms with Crippen molar-refractivity contribution in [3.63, 3.8) is 0 Å². The summed E-state index contributed by atoms with van der Waals surface area (Å²) in [5, 5.41) is 2.86. The van der Waals surface area contributed by atoms with Crippen molar-refractivity contribution < 1.29 is 14.3 Å². The van der Waals surface area contributed by atoms with Crippen molar-refractivity contribution in [1.82, 2.24) is 15.2 Å². The predicted molar refractivity (Wildman–Crippen MR) is 96.1 cm³/mol. The summed E-state index contributed by atoms with van der Waals surface area (Å²) in [6.07, 6.45) is 5.06. The summed E-state index contributed by atoms with van der Waals surface area (Å²) in [6, 6.07) is 5.76. The number of hydrogen-bond acceptors (Lipinski definition) is 4. The van der Waals surface area contributed by atoms with Crippen LogP contribution in [0.3, 0.4) is 0 Å². The number of aromatic nitrogens is 1. The number of ether oxygens (including phenoxy) is 1. The van der Waals surface area contributed by atoms with Gasteiger partial charge in [-0.05, 0) is 45.7 Å². The van der Waals surface area contributed by atoms with Gasteiger partial charge in [-0.15, -0.1) is 0 Å². The smallest absolute Gasteiger partial charge is 0.408 e. The zero-order chi connectivity index (χ0) is 18.5. The molecule has 0 atom stereocenters. The predicted octanol–water partition coefficient (Wildman–Crippen LogP) is 2.92. The van der Waals surface area contributed by atoms with Gasteiger partial charge in [0.05, 0.1) is 0 Å². The number of rotatable bonds is 5. The standard InChI is InChI=1S/C19H29N3O3/c1-18(2,3)25-17(24)21-19(11-6-7-12-19)16(23)22(4)14-10-15-9-5-8-13-20-15/h5,8-9,13H,6-7,10-12,14H2,1-4H3,(H,21,24). The molecule has 1 N–H and O–H groups in total. The Morgan fingerprint density at radius 1 is 1.28 bits per heavy atom. The summed E-state index contributed by atoms with van der Waals surface area (Å²) >= 11 is 0. The van der Waals surface area contributed by atoms with Crippen LogP contribution in [-0.2, 0) is 16.0 Å². The van der Waals surface area contributed by atoms with E-state index >= 15 is 0 Å². The average Bonchev–Trinajstić information content (AvgIpc) is 3.00. The molecular formula is C19H29N3O3. The Labute approximate surface area is 150 Å². The lowest BCUT2D eigenvalue weighted by Gasteiger charge is -2.34. The second kappa shape index (κ2) is 7.85. The van der Waals surface area contributed by atoms with Crippen LogP contribution < -0.4 is 5.32 Å². The quantitative estimate of drug-likeness (QED) is 0.889. The minimum Gasteiger partial charge on any atom is -0.444 e. The molecule has 0 saturated heterocycles. The minimum atomic E-state index is -0.846. The van der Waals surface area contributed by atoms with E-state index in [1.54, 1.807) is 18.1 Å². The molecule has 1 saturated carbocycles. The molecule has 2 rings (SSSR count). The number of hydrogen-bond donors (Lipinski definition) is 1. The highest BCUT2D eigenvalue weighted by Crippen LogP contribution is 2.31. The minimum absolute atomic E-state index is 0.0493. The molecule has 1 heterocycles. The van der Waals surface area contributed by atoms with Gasteiger partial charge in [0, 0.05) is 31.9 Å². The highest BCUT2D eigenvalue weighted by molar-refractivity contribution is 5.90. The second-order valence-electron chi connectivity index (χ2n) is 7.71. The lowest BCUT2D eigenvalue weighted by molar-refractivity contribution is -0.136. The fourth-order valence-electron chi connectivity index (χ4n) is 3.17. The Morgan fingerprint density at radius 3 is 2.52 bits per heavy atom. The maximum atomic E-state index is 13.0. The van der Waals surface area contributed by atoms with Crippen LogP contribution in [0.5, 0.6) is 0 Å². The molecule has 1 aliphatic rings. The molecule has 1 aromatic heterocycles. The number of alkyl carbamates (subject to hydrolysis) is 1. The summed E-state index contributed by atoms with van der Waals surface area (Å²) in [5.41, 5.74) is -0.485. The van der Waals surface area contributed by atoms with E-state index in [1.807, 2.05) is 39.0 Å². The molecule has 6 heteroatoms. The number of carbonyl (C=O) groups excluding carboxylic acids is 2. The molecule has 138 valence electrons. The normalized spacial score (nSPS) is 16.3. The lowest BCUT2D eigenvalue weighted by Crippen LogP contribution is -2.58. The molecule has 0 unspecified atom stereocenters. The molecule has 0 spiro atoms. The van der Waals surface area contributed by atoms with Crippen molar-refractivity contribution in [2.45, 2.75) is 64.0 Å². The monoisotopic (exact) mass is 347 g/mol. The van der Waals surface area contributed by atoms with Gasteiger partial charge in [-0.25, -0.2) is 4.79 Å². The van der Waals surface area contributed by atoms with Crippen molar-refractivity contribution in [1.29, 1.82) is 0 Å². The number of nitrogens with zero attached hydrogens (tertiary/aromatic N) is 2. The number of pyridine rings is 1. The van der Waals surface area contributed by atoms with Gasteiger partial charge in [0.25, 0.3) is 0 Å². The van der Waals surface area contributed by atoms with Gasteiger partial charge in [0.2, 0.25) is 5.91 Å². The third-order valence-electron chi connectivity index (χ3n) is 4.38. The van der Waals surface area contributed by atoms with Crippen LogP contribution in [0.1, 0.15) is 52.1 Å². The fourth-order valence-corrected chi connectivity index (χ4v) is 3.17. The van der Waals surface area contributed by atoms with Gasteiger partial charge in [0.15, 0.2) is 0 Å². The molecule has 0 aliphatic heterocycles. The van der Waals surface area contributed by atoms with Crippen LogP contribution in [0.15, 0.2) is 24.4 Å². The van der Waals surface area contributed by atoms with Gasteiger partial charge in [0.1, 0.15) is 11.1 Å². The van der Waals surface area contributed by atoms with E-state index in [9.17, 15) is 9.59 Å². The first-order valence-corrected chi connectivity index (χ1v) is 8.88. The van der Waals surface area contributed by atoms with Gasteiger partial charge in [-0.1, -0.05) is 18.9 Å². The van der Waals surface area contributed by atoms with E-state index in [0.717, 1.165) is 18.5 Å². The number of nitrogens with one attached hydrogen (secondary N) is 1. The molecule has 25 heavy (non-hydrogen) atoms. The van der Waals surface area contributed by atoms with Gasteiger partial charge in [-0.3, -0.25) is 9.78 Å². The molecular weight excluding hydrogens is 318 g/mol. The van der Waals surface area contributed by atoms with Crippen LogP contribution in [0.4, 0.5) is 4.79 Å². The van der Waals surface area contributed by atoms with E-state index in [-0.39, 0.29) is 5.91 Å². The van der Waals surface area contributed by atoms with Crippen molar-refractivity contribution >= 4 is 12.0 Å². The average molecular weight is 347 g/mol. The summed E-state index contributed by atoms with van der Waals surface area (Å²) < 4.78 is 5.35. The zero-order valence-corrected chi connectivity index (χ0v) is 15.7. The maximum absolute atomic E-state index is 13.0. The van der Waals surface area contributed by atoms with E-state index in [0.29, 0.717) is 25.8 Å². The van der Waals surface area contributed by atoms with E-state index in [4.69, 9.17) is 4.74 Å². The lowest BCUT2D eigenvalue weighted by atomic mass is 9.95. The summed E-state index contributed by atoms with van der Waals surface area (Å²) in [6.45, 7) is 6.01. The Morgan fingerprint density at radius 2 is 1.96 bits per heavy atom. The van der Waals surface area contributed by atoms with Crippen LogP contribution in [0.2, 0.25) is 0 Å². The van der Waals surface area contributed by atoms with Gasteiger partial charge in [-0.2, -0.15) is 0 Å². The first kappa shape index (κ1) is 19.2. The first-order valence-electron chi connectivity index (χ1n) is 8.88. The molecule has 1 fully saturated rings. The summed E-state index contributed by atoms with van der Waals surface area (Å²) in [4.78, 5) is 31.2.